The normalized spacial score (nSPS) is 11.4. The molecule has 0 amide bonds. The highest BCUT2D eigenvalue weighted by molar-refractivity contribution is 9.10. The molecule has 2 rings (SSSR count). The summed E-state index contributed by atoms with van der Waals surface area (Å²) in [5, 5.41) is 0. The van der Waals surface area contributed by atoms with Crippen LogP contribution in [0.15, 0.2) is 41.0 Å². The van der Waals surface area contributed by atoms with E-state index in [1.165, 1.54) is 11.1 Å². The number of nitrogens with zero attached hydrogens (tertiary/aromatic N) is 1. The molecule has 0 saturated carbocycles. The molecule has 1 aromatic heterocycles. The van der Waals surface area contributed by atoms with E-state index >= 15 is 0 Å². The average molecular weight is 334 g/mol. The fourth-order valence-corrected chi connectivity index (χ4v) is 2.41. The summed E-state index contributed by atoms with van der Waals surface area (Å²) < 4.78 is 6.82. The van der Waals surface area contributed by atoms with Crippen LogP contribution in [0.3, 0.4) is 0 Å². The molecule has 0 spiro atoms. The van der Waals surface area contributed by atoms with Gasteiger partial charge in [-0.25, -0.2) is 0 Å². The van der Waals surface area contributed by atoms with E-state index in [2.05, 4.69) is 60.7 Å². The highest BCUT2D eigenvalue weighted by Crippen LogP contribution is 2.31. The molecule has 1 aromatic carbocycles. The molecule has 0 unspecified atom stereocenters. The number of rotatable bonds is 3. The van der Waals surface area contributed by atoms with Crippen molar-refractivity contribution in [1.29, 1.82) is 0 Å². The van der Waals surface area contributed by atoms with E-state index in [-0.39, 0.29) is 5.41 Å². The second-order valence-electron chi connectivity index (χ2n) is 6.01. The molecular weight excluding hydrogens is 314 g/mol. The molecule has 0 aliphatic rings. The van der Waals surface area contributed by atoms with E-state index in [0.717, 1.165) is 15.9 Å². The van der Waals surface area contributed by atoms with Gasteiger partial charge in [0, 0.05) is 6.20 Å². The standard InChI is InChI=1S/C17H20BrNO/c1-12-7-8-19-14(9-12)11-20-16-6-5-13(10-15(16)18)17(2,3)4/h5-10H,11H2,1-4H3. The lowest BCUT2D eigenvalue weighted by Gasteiger charge is -2.20. The average Bonchev–Trinajstić information content (AvgIpc) is 2.36. The summed E-state index contributed by atoms with van der Waals surface area (Å²) in [5.74, 6) is 0.848. The molecular formula is C17H20BrNO. The summed E-state index contributed by atoms with van der Waals surface area (Å²) >= 11 is 3.58. The van der Waals surface area contributed by atoms with E-state index in [1.807, 2.05) is 24.4 Å². The highest BCUT2D eigenvalue weighted by Gasteiger charge is 2.15. The molecule has 3 heteroatoms. The van der Waals surface area contributed by atoms with Crippen molar-refractivity contribution in [3.63, 3.8) is 0 Å². The number of hydrogen-bond donors (Lipinski definition) is 0. The van der Waals surface area contributed by atoms with Crippen LogP contribution in [-0.2, 0) is 12.0 Å². The molecule has 2 aromatic rings. The molecule has 2 nitrogen and oxygen atoms in total. The Morgan fingerprint density at radius 2 is 1.90 bits per heavy atom. The van der Waals surface area contributed by atoms with Crippen LogP contribution >= 0.6 is 15.9 Å². The molecule has 0 aliphatic heterocycles. The Morgan fingerprint density at radius 3 is 2.50 bits per heavy atom. The first-order chi connectivity index (χ1) is 9.36. The summed E-state index contributed by atoms with van der Waals surface area (Å²) in [4.78, 5) is 4.30. The van der Waals surface area contributed by atoms with Crippen LogP contribution in [0.25, 0.3) is 0 Å². The van der Waals surface area contributed by atoms with Gasteiger partial charge in [0.25, 0.3) is 0 Å². The number of pyridine rings is 1. The van der Waals surface area contributed by atoms with Gasteiger partial charge in [0.05, 0.1) is 10.2 Å². The monoisotopic (exact) mass is 333 g/mol. The summed E-state index contributed by atoms with van der Waals surface area (Å²) in [6.07, 6.45) is 1.81. The Morgan fingerprint density at radius 1 is 1.15 bits per heavy atom. The van der Waals surface area contributed by atoms with Gasteiger partial charge in [-0.2, -0.15) is 0 Å². The number of hydrogen-bond acceptors (Lipinski definition) is 2. The van der Waals surface area contributed by atoms with E-state index in [9.17, 15) is 0 Å². The van der Waals surface area contributed by atoms with Crippen molar-refractivity contribution in [1.82, 2.24) is 4.98 Å². The number of aryl methyl sites for hydroxylation is 1. The second kappa shape index (κ2) is 5.96. The zero-order valence-corrected chi connectivity index (χ0v) is 14.0. The van der Waals surface area contributed by atoms with Crippen LogP contribution in [0, 0.1) is 6.92 Å². The van der Waals surface area contributed by atoms with Crippen molar-refractivity contribution < 1.29 is 4.74 Å². The predicted molar refractivity (Wildman–Crippen MR) is 86.1 cm³/mol. The van der Waals surface area contributed by atoms with Gasteiger partial charge in [-0.05, 0) is 63.7 Å². The minimum atomic E-state index is 0.138. The van der Waals surface area contributed by atoms with Crippen LogP contribution in [0.5, 0.6) is 5.75 Å². The molecule has 1 heterocycles. The van der Waals surface area contributed by atoms with E-state index in [1.54, 1.807) is 0 Å². The Labute approximate surface area is 129 Å². The van der Waals surface area contributed by atoms with Gasteiger partial charge in [-0.1, -0.05) is 26.8 Å². The van der Waals surface area contributed by atoms with Crippen molar-refractivity contribution >= 4 is 15.9 Å². The topological polar surface area (TPSA) is 22.1 Å². The largest absolute Gasteiger partial charge is 0.486 e. The lowest BCUT2D eigenvalue weighted by molar-refractivity contribution is 0.299. The molecule has 0 atom stereocenters. The summed E-state index contributed by atoms with van der Waals surface area (Å²) in [5.41, 5.74) is 3.56. The minimum absolute atomic E-state index is 0.138. The molecule has 0 N–H and O–H groups in total. The van der Waals surface area contributed by atoms with Gasteiger partial charge in [-0.3, -0.25) is 4.98 Å². The maximum absolute atomic E-state index is 5.84. The van der Waals surface area contributed by atoms with Crippen LogP contribution in [-0.4, -0.2) is 4.98 Å². The molecule has 0 aliphatic carbocycles. The van der Waals surface area contributed by atoms with Crippen molar-refractivity contribution in [3.8, 4) is 5.75 Å². The highest BCUT2D eigenvalue weighted by atomic mass is 79.9. The van der Waals surface area contributed by atoms with Crippen molar-refractivity contribution in [2.45, 2.75) is 39.7 Å². The fourth-order valence-electron chi connectivity index (χ4n) is 1.91. The summed E-state index contributed by atoms with van der Waals surface area (Å²) in [6, 6.07) is 10.3. The van der Waals surface area contributed by atoms with Gasteiger partial charge in [-0.15, -0.1) is 0 Å². The predicted octanol–water partition coefficient (Wildman–Crippen LogP) is 5.03. The van der Waals surface area contributed by atoms with Gasteiger partial charge >= 0.3 is 0 Å². The third-order valence-corrected chi connectivity index (χ3v) is 3.77. The molecule has 0 radical (unpaired) electrons. The zero-order valence-electron chi connectivity index (χ0n) is 12.4. The molecule has 0 fully saturated rings. The SMILES string of the molecule is Cc1ccnc(COc2ccc(C(C)(C)C)cc2Br)c1. The number of halogens is 1. The first-order valence-corrected chi connectivity index (χ1v) is 7.50. The lowest BCUT2D eigenvalue weighted by Crippen LogP contribution is -2.11. The Kier molecular flexibility index (Phi) is 4.48. The number of ether oxygens (including phenoxy) is 1. The van der Waals surface area contributed by atoms with E-state index in [4.69, 9.17) is 4.74 Å². The van der Waals surface area contributed by atoms with Crippen LogP contribution < -0.4 is 4.74 Å². The lowest BCUT2D eigenvalue weighted by atomic mass is 9.87. The smallest absolute Gasteiger partial charge is 0.134 e. The molecule has 0 bridgehead atoms. The maximum atomic E-state index is 5.84. The van der Waals surface area contributed by atoms with Gasteiger partial charge in [0.2, 0.25) is 0 Å². The van der Waals surface area contributed by atoms with Crippen molar-refractivity contribution in [3.05, 3.63) is 57.8 Å². The van der Waals surface area contributed by atoms with E-state index in [0.29, 0.717) is 6.61 Å². The first-order valence-electron chi connectivity index (χ1n) is 6.70. The number of aromatic nitrogens is 1. The molecule has 0 saturated heterocycles. The Bertz CT molecular complexity index is 602. The second-order valence-corrected chi connectivity index (χ2v) is 6.86. The third kappa shape index (κ3) is 3.83. The van der Waals surface area contributed by atoms with Gasteiger partial charge < -0.3 is 4.74 Å². The number of benzene rings is 1. The fraction of sp³-hybridized carbons (Fsp3) is 0.353. The molecule has 106 valence electrons. The summed E-state index contributed by atoms with van der Waals surface area (Å²) in [7, 11) is 0. The van der Waals surface area contributed by atoms with E-state index < -0.39 is 0 Å². The Hall–Kier alpha value is -1.35. The maximum Gasteiger partial charge on any atom is 0.134 e. The first kappa shape index (κ1) is 15.0. The molecule has 20 heavy (non-hydrogen) atoms. The summed E-state index contributed by atoms with van der Waals surface area (Å²) in [6.45, 7) is 9.14. The van der Waals surface area contributed by atoms with Crippen LogP contribution in [0.4, 0.5) is 0 Å². The van der Waals surface area contributed by atoms with Crippen LogP contribution in [0.1, 0.15) is 37.6 Å². The van der Waals surface area contributed by atoms with Gasteiger partial charge in [0.1, 0.15) is 12.4 Å². The van der Waals surface area contributed by atoms with Crippen molar-refractivity contribution in [2.75, 3.05) is 0 Å². The zero-order chi connectivity index (χ0) is 14.8. The Balaban J connectivity index is 2.11. The van der Waals surface area contributed by atoms with Crippen LogP contribution in [0.2, 0.25) is 0 Å². The van der Waals surface area contributed by atoms with Crippen molar-refractivity contribution in [2.24, 2.45) is 0 Å². The minimum Gasteiger partial charge on any atom is -0.486 e. The quantitative estimate of drug-likeness (QED) is 0.785. The van der Waals surface area contributed by atoms with Gasteiger partial charge in [0.15, 0.2) is 0 Å². The third-order valence-electron chi connectivity index (χ3n) is 3.15.